The number of hydrogen-bond acceptors (Lipinski definition) is 3. The highest BCUT2D eigenvalue weighted by molar-refractivity contribution is 6.01. The molecule has 19 heavy (non-hydrogen) atoms. The molecular weight excluding hydrogens is 244 g/mol. The fraction of sp³-hybridized carbons (Fsp3) is 0.214. The second-order valence-electron chi connectivity index (χ2n) is 4.16. The lowest BCUT2D eigenvalue weighted by Crippen LogP contribution is -2.26. The standard InChI is InChI=1S/C14H14N2O3/c1-2-3-6-9-16-13(17)11-8-5-4-7-10(11)12(15-16)14(18)19/h2,4-5,7-8H,1,3,6,9H2,(H,18,19). The Bertz CT molecular complexity index is 689. The maximum absolute atomic E-state index is 12.2. The van der Waals surface area contributed by atoms with Crippen molar-refractivity contribution in [2.45, 2.75) is 19.4 Å². The van der Waals surface area contributed by atoms with Crippen LogP contribution in [0.4, 0.5) is 0 Å². The summed E-state index contributed by atoms with van der Waals surface area (Å²) in [6.45, 7) is 3.99. The Labute approximate surface area is 109 Å². The van der Waals surface area contributed by atoms with E-state index in [2.05, 4.69) is 11.7 Å². The molecule has 0 saturated heterocycles. The Hall–Kier alpha value is -2.43. The Morgan fingerprint density at radius 1 is 1.37 bits per heavy atom. The number of aromatic nitrogens is 2. The van der Waals surface area contributed by atoms with E-state index in [1.54, 1.807) is 30.3 Å². The molecule has 1 N–H and O–H groups in total. The molecular formula is C14H14N2O3. The third-order valence-electron chi connectivity index (χ3n) is 2.85. The molecule has 0 aliphatic rings. The molecule has 1 aromatic heterocycles. The third-order valence-corrected chi connectivity index (χ3v) is 2.85. The highest BCUT2D eigenvalue weighted by atomic mass is 16.4. The third kappa shape index (κ3) is 2.54. The normalized spacial score (nSPS) is 10.5. The Kier molecular flexibility index (Phi) is 3.75. The minimum Gasteiger partial charge on any atom is -0.476 e. The number of fused-ring (bicyclic) bond motifs is 1. The van der Waals surface area contributed by atoms with Crippen LogP contribution < -0.4 is 5.56 Å². The zero-order chi connectivity index (χ0) is 13.8. The van der Waals surface area contributed by atoms with E-state index in [4.69, 9.17) is 0 Å². The first-order valence-corrected chi connectivity index (χ1v) is 5.99. The molecule has 0 amide bonds. The van der Waals surface area contributed by atoms with Gasteiger partial charge < -0.3 is 5.11 Å². The van der Waals surface area contributed by atoms with E-state index >= 15 is 0 Å². The maximum atomic E-state index is 12.2. The average Bonchev–Trinajstić information content (AvgIpc) is 2.41. The van der Waals surface area contributed by atoms with Gasteiger partial charge in [-0.1, -0.05) is 24.3 Å². The first-order chi connectivity index (χ1) is 9.15. The van der Waals surface area contributed by atoms with Crippen LogP contribution in [-0.4, -0.2) is 20.9 Å². The van der Waals surface area contributed by atoms with Crippen molar-refractivity contribution in [1.82, 2.24) is 9.78 Å². The lowest BCUT2D eigenvalue weighted by molar-refractivity contribution is 0.0690. The first-order valence-electron chi connectivity index (χ1n) is 5.99. The summed E-state index contributed by atoms with van der Waals surface area (Å²) in [5.41, 5.74) is -0.349. The fourth-order valence-corrected chi connectivity index (χ4v) is 1.93. The summed E-state index contributed by atoms with van der Waals surface area (Å²) in [6.07, 6.45) is 3.21. The SMILES string of the molecule is C=CCCCn1nc(C(=O)O)c2ccccc2c1=O. The quantitative estimate of drug-likeness (QED) is 0.658. The van der Waals surface area contributed by atoms with Gasteiger partial charge in [0.25, 0.3) is 5.56 Å². The van der Waals surface area contributed by atoms with E-state index in [1.165, 1.54) is 4.68 Å². The molecule has 0 saturated carbocycles. The van der Waals surface area contributed by atoms with Crippen molar-refractivity contribution in [2.24, 2.45) is 0 Å². The number of rotatable bonds is 5. The van der Waals surface area contributed by atoms with Gasteiger partial charge in [0.2, 0.25) is 0 Å². The lowest BCUT2D eigenvalue weighted by atomic mass is 10.1. The number of nitrogens with zero attached hydrogens (tertiary/aromatic N) is 2. The Morgan fingerprint density at radius 3 is 2.68 bits per heavy atom. The minimum absolute atomic E-state index is 0.0891. The molecule has 98 valence electrons. The van der Waals surface area contributed by atoms with Gasteiger partial charge in [-0.15, -0.1) is 6.58 Å². The van der Waals surface area contributed by atoms with Crippen molar-refractivity contribution < 1.29 is 9.90 Å². The van der Waals surface area contributed by atoms with Crippen molar-refractivity contribution in [3.05, 3.63) is 53.0 Å². The Balaban J connectivity index is 2.59. The predicted molar refractivity (Wildman–Crippen MR) is 72.4 cm³/mol. The first kappa shape index (κ1) is 13.0. The molecule has 0 unspecified atom stereocenters. The van der Waals surface area contributed by atoms with Gasteiger partial charge in [0, 0.05) is 11.9 Å². The van der Waals surface area contributed by atoms with E-state index in [0.29, 0.717) is 23.7 Å². The zero-order valence-electron chi connectivity index (χ0n) is 10.4. The summed E-state index contributed by atoms with van der Waals surface area (Å²) < 4.78 is 1.22. The molecule has 5 nitrogen and oxygen atoms in total. The molecule has 0 aliphatic carbocycles. The average molecular weight is 258 g/mol. The molecule has 1 aromatic carbocycles. The van der Waals surface area contributed by atoms with E-state index in [0.717, 1.165) is 6.42 Å². The highest BCUT2D eigenvalue weighted by Crippen LogP contribution is 2.13. The lowest BCUT2D eigenvalue weighted by Gasteiger charge is -2.08. The number of aromatic carboxylic acids is 1. The van der Waals surface area contributed by atoms with Crippen LogP contribution in [0.15, 0.2) is 41.7 Å². The van der Waals surface area contributed by atoms with Crippen LogP contribution in [0.5, 0.6) is 0 Å². The molecule has 0 aliphatic heterocycles. The van der Waals surface area contributed by atoms with Gasteiger partial charge >= 0.3 is 5.97 Å². The number of aryl methyl sites for hydroxylation is 1. The second kappa shape index (κ2) is 5.48. The molecule has 0 radical (unpaired) electrons. The second-order valence-corrected chi connectivity index (χ2v) is 4.16. The molecule has 0 bridgehead atoms. The van der Waals surface area contributed by atoms with E-state index < -0.39 is 5.97 Å². The largest absolute Gasteiger partial charge is 0.476 e. The molecule has 0 fully saturated rings. The van der Waals surface area contributed by atoms with Gasteiger partial charge in [-0.2, -0.15) is 5.10 Å². The van der Waals surface area contributed by atoms with Crippen molar-refractivity contribution in [1.29, 1.82) is 0 Å². The topological polar surface area (TPSA) is 72.2 Å². The summed E-state index contributed by atoms with van der Waals surface area (Å²) in [7, 11) is 0. The van der Waals surface area contributed by atoms with Crippen LogP contribution in [0.1, 0.15) is 23.3 Å². The van der Waals surface area contributed by atoms with Gasteiger partial charge in [0.1, 0.15) is 0 Å². The number of carboxylic acid groups (broad SMARTS) is 1. The molecule has 2 rings (SSSR count). The summed E-state index contributed by atoms with van der Waals surface area (Å²) in [6, 6.07) is 6.62. The molecule has 0 spiro atoms. The van der Waals surface area contributed by atoms with Crippen LogP contribution in [0.3, 0.4) is 0 Å². The minimum atomic E-state index is -1.13. The molecule has 0 atom stereocenters. The van der Waals surface area contributed by atoms with Crippen LogP contribution in [0.25, 0.3) is 10.8 Å². The van der Waals surface area contributed by atoms with E-state index in [-0.39, 0.29) is 11.3 Å². The number of allylic oxidation sites excluding steroid dienone is 1. The van der Waals surface area contributed by atoms with Crippen molar-refractivity contribution in [3.8, 4) is 0 Å². The van der Waals surface area contributed by atoms with E-state index in [1.807, 2.05) is 0 Å². The number of benzene rings is 1. The monoisotopic (exact) mass is 258 g/mol. The van der Waals surface area contributed by atoms with Gasteiger partial charge in [0.05, 0.1) is 5.39 Å². The summed E-state index contributed by atoms with van der Waals surface area (Å²) in [4.78, 5) is 23.4. The number of carboxylic acids is 1. The van der Waals surface area contributed by atoms with Crippen LogP contribution in [0, 0.1) is 0 Å². The van der Waals surface area contributed by atoms with Gasteiger partial charge in [-0.3, -0.25) is 4.79 Å². The summed E-state index contributed by atoms with van der Waals surface area (Å²) >= 11 is 0. The fourth-order valence-electron chi connectivity index (χ4n) is 1.93. The Morgan fingerprint density at radius 2 is 2.05 bits per heavy atom. The van der Waals surface area contributed by atoms with Gasteiger partial charge in [-0.05, 0) is 18.9 Å². The number of carbonyl (C=O) groups is 1. The summed E-state index contributed by atoms with van der Waals surface area (Å²) in [5.74, 6) is -1.13. The number of unbranched alkanes of at least 4 members (excludes halogenated alkanes) is 1. The smallest absolute Gasteiger partial charge is 0.357 e. The molecule has 1 heterocycles. The predicted octanol–water partition coefficient (Wildman–Crippen LogP) is 2.06. The van der Waals surface area contributed by atoms with Gasteiger partial charge in [0.15, 0.2) is 5.69 Å². The maximum Gasteiger partial charge on any atom is 0.357 e. The van der Waals surface area contributed by atoms with Crippen molar-refractivity contribution >= 4 is 16.7 Å². The van der Waals surface area contributed by atoms with Crippen LogP contribution in [-0.2, 0) is 6.54 Å². The zero-order valence-corrected chi connectivity index (χ0v) is 10.4. The van der Waals surface area contributed by atoms with Crippen molar-refractivity contribution in [3.63, 3.8) is 0 Å². The van der Waals surface area contributed by atoms with Gasteiger partial charge in [-0.25, -0.2) is 9.48 Å². The molecule has 2 aromatic rings. The molecule has 5 heteroatoms. The van der Waals surface area contributed by atoms with Crippen molar-refractivity contribution in [2.75, 3.05) is 0 Å². The van der Waals surface area contributed by atoms with Crippen LogP contribution in [0.2, 0.25) is 0 Å². The number of hydrogen-bond donors (Lipinski definition) is 1. The summed E-state index contributed by atoms with van der Waals surface area (Å²) in [5, 5.41) is 13.9. The van der Waals surface area contributed by atoms with Crippen LogP contribution >= 0.6 is 0 Å². The van der Waals surface area contributed by atoms with E-state index in [9.17, 15) is 14.7 Å². The highest BCUT2D eigenvalue weighted by Gasteiger charge is 2.14.